The number of piperidine rings is 2. The third kappa shape index (κ3) is 8.20. The van der Waals surface area contributed by atoms with Gasteiger partial charge in [0.25, 0.3) is 35.4 Å². The lowest BCUT2D eigenvalue weighted by Crippen LogP contribution is -2.54. The molecule has 4 heterocycles. The lowest BCUT2D eigenvalue weighted by molar-refractivity contribution is -0.137. The predicted molar refractivity (Wildman–Crippen MR) is 183 cm³/mol. The van der Waals surface area contributed by atoms with E-state index in [1.807, 2.05) is 0 Å². The Hall–Kier alpha value is -6.50. The second-order valence-corrected chi connectivity index (χ2v) is 12.8. The van der Waals surface area contributed by atoms with Crippen LogP contribution in [0.1, 0.15) is 80.0 Å². The average molecular weight is 761 g/mol. The molecule has 4 N–H and O–H groups in total. The first-order valence-electron chi connectivity index (χ1n) is 17.5. The normalized spacial score (nSPS) is 19.2. The lowest BCUT2D eigenvalue weighted by Gasteiger charge is -2.27. The van der Waals surface area contributed by atoms with Crippen LogP contribution in [0.5, 0.6) is 11.5 Å². The van der Waals surface area contributed by atoms with Gasteiger partial charge in [0.15, 0.2) is 13.2 Å². The highest BCUT2D eigenvalue weighted by Crippen LogP contribution is 2.35. The minimum Gasteiger partial charge on any atom is -0.483 e. The molecule has 2 unspecified atom stereocenters. The van der Waals surface area contributed by atoms with Gasteiger partial charge in [-0.3, -0.25) is 68.4 Å². The van der Waals surface area contributed by atoms with Crippen LogP contribution in [0.25, 0.3) is 0 Å². The van der Waals surface area contributed by atoms with Crippen LogP contribution >= 0.6 is 0 Å². The van der Waals surface area contributed by atoms with Crippen molar-refractivity contribution in [1.29, 1.82) is 0 Å². The van der Waals surface area contributed by atoms with Crippen LogP contribution in [0.3, 0.4) is 0 Å². The zero-order chi connectivity index (χ0) is 39.2. The van der Waals surface area contributed by atoms with Gasteiger partial charge in [-0.25, -0.2) is 0 Å². The summed E-state index contributed by atoms with van der Waals surface area (Å²) in [4.78, 5) is 126. The maximum Gasteiger partial charge on any atom is 0.266 e. The maximum absolute atomic E-state index is 13.2. The Bertz CT molecular complexity index is 1860. The van der Waals surface area contributed by atoms with E-state index < -0.39 is 84.4 Å². The van der Waals surface area contributed by atoms with Crippen LogP contribution < -0.4 is 30.7 Å². The molecule has 0 radical (unpaired) electrons. The van der Waals surface area contributed by atoms with Crippen molar-refractivity contribution in [3.8, 4) is 11.5 Å². The van der Waals surface area contributed by atoms with Gasteiger partial charge < -0.3 is 24.8 Å². The zero-order valence-electron chi connectivity index (χ0n) is 29.3. The third-order valence-electron chi connectivity index (χ3n) is 9.15. The fourth-order valence-electron chi connectivity index (χ4n) is 6.50. The first kappa shape index (κ1) is 38.2. The van der Waals surface area contributed by atoms with Gasteiger partial charge in [-0.15, -0.1) is 0 Å². The number of nitrogens with one attached hydrogen (secondary N) is 4. The molecule has 288 valence electrons. The SMILES string of the molecule is O=C(COc1cccc2c1C(=O)N(C1CCC(=O)NC1=O)C2=O)NCCCOCCCNC(=O)COc1cccc2c1C(=O)N(C1CCC(=O)NC1=O)C2=O. The van der Waals surface area contributed by atoms with E-state index in [9.17, 15) is 47.9 Å². The summed E-state index contributed by atoms with van der Waals surface area (Å²) in [5, 5.41) is 9.60. The first-order chi connectivity index (χ1) is 26.5. The second-order valence-electron chi connectivity index (χ2n) is 12.8. The molecule has 0 saturated carbocycles. The van der Waals surface area contributed by atoms with Crippen molar-refractivity contribution in [1.82, 2.24) is 31.1 Å². The number of imide groups is 4. The van der Waals surface area contributed by atoms with Crippen molar-refractivity contribution in [2.24, 2.45) is 0 Å². The van der Waals surface area contributed by atoms with Gasteiger partial charge in [-0.05, 0) is 49.9 Å². The number of hydrogen-bond acceptors (Lipinski definition) is 13. The molecule has 19 heteroatoms. The van der Waals surface area contributed by atoms with E-state index in [-0.39, 0.29) is 72.5 Å². The molecule has 6 rings (SSSR count). The molecule has 4 aliphatic rings. The van der Waals surface area contributed by atoms with Gasteiger partial charge in [0.2, 0.25) is 23.6 Å². The van der Waals surface area contributed by atoms with Crippen molar-refractivity contribution >= 4 is 59.1 Å². The van der Waals surface area contributed by atoms with E-state index in [4.69, 9.17) is 14.2 Å². The topological polar surface area (TPSA) is 253 Å². The summed E-state index contributed by atoms with van der Waals surface area (Å²) in [5.41, 5.74) is -0.0528. The summed E-state index contributed by atoms with van der Waals surface area (Å²) < 4.78 is 16.7. The Morgan fingerprint density at radius 2 is 1.04 bits per heavy atom. The van der Waals surface area contributed by atoms with Gasteiger partial charge >= 0.3 is 0 Å². The van der Waals surface area contributed by atoms with Crippen molar-refractivity contribution < 1.29 is 62.2 Å². The van der Waals surface area contributed by atoms with Gasteiger partial charge in [0.1, 0.15) is 23.6 Å². The molecule has 0 aromatic heterocycles. The summed E-state index contributed by atoms with van der Waals surface area (Å²) in [5.74, 6) is -6.24. The van der Waals surface area contributed by atoms with Crippen molar-refractivity contribution in [2.45, 2.75) is 50.6 Å². The number of fused-ring (bicyclic) bond motifs is 2. The Kier molecular flexibility index (Phi) is 11.6. The number of benzene rings is 2. The second kappa shape index (κ2) is 16.7. The minimum atomic E-state index is -1.13. The summed E-state index contributed by atoms with van der Waals surface area (Å²) in [6.07, 6.45) is 0.917. The highest BCUT2D eigenvalue weighted by molar-refractivity contribution is 6.25. The van der Waals surface area contributed by atoms with Crippen molar-refractivity contribution in [3.63, 3.8) is 0 Å². The summed E-state index contributed by atoms with van der Waals surface area (Å²) in [6, 6.07) is 6.45. The third-order valence-corrected chi connectivity index (χ3v) is 9.15. The largest absolute Gasteiger partial charge is 0.483 e. The van der Waals surface area contributed by atoms with Crippen LogP contribution in [0.2, 0.25) is 0 Å². The molecule has 0 aliphatic carbocycles. The van der Waals surface area contributed by atoms with Crippen LogP contribution in [0, 0.1) is 0 Å². The molecule has 2 saturated heterocycles. The molecular weight excluding hydrogens is 724 g/mol. The van der Waals surface area contributed by atoms with Gasteiger partial charge in [0.05, 0.1) is 22.3 Å². The van der Waals surface area contributed by atoms with E-state index in [1.165, 1.54) is 36.4 Å². The molecule has 55 heavy (non-hydrogen) atoms. The highest BCUT2D eigenvalue weighted by atomic mass is 16.5. The number of nitrogens with zero attached hydrogens (tertiary/aromatic N) is 2. The van der Waals surface area contributed by atoms with Gasteiger partial charge in [-0.2, -0.15) is 0 Å². The first-order valence-corrected chi connectivity index (χ1v) is 17.5. The predicted octanol–water partition coefficient (Wildman–Crippen LogP) is -1.02. The summed E-state index contributed by atoms with van der Waals surface area (Å²) in [7, 11) is 0. The van der Waals surface area contributed by atoms with E-state index in [2.05, 4.69) is 21.3 Å². The molecule has 0 bridgehead atoms. The lowest BCUT2D eigenvalue weighted by atomic mass is 10.0. The van der Waals surface area contributed by atoms with E-state index in [1.54, 1.807) is 0 Å². The van der Waals surface area contributed by atoms with Gasteiger partial charge in [0, 0.05) is 39.1 Å². The van der Waals surface area contributed by atoms with E-state index >= 15 is 0 Å². The Balaban J connectivity index is 0.843. The number of ether oxygens (including phenoxy) is 3. The van der Waals surface area contributed by atoms with Crippen LogP contribution in [-0.2, 0) is 33.5 Å². The minimum absolute atomic E-state index is 0.00963. The molecule has 4 aliphatic heterocycles. The summed E-state index contributed by atoms with van der Waals surface area (Å²) in [6.45, 7) is 0.238. The molecule has 10 amide bonds. The zero-order valence-corrected chi connectivity index (χ0v) is 29.3. The Labute approximate surface area is 312 Å². The van der Waals surface area contributed by atoms with Crippen LogP contribution in [0.4, 0.5) is 0 Å². The molecule has 0 spiro atoms. The van der Waals surface area contributed by atoms with Crippen molar-refractivity contribution in [3.05, 3.63) is 58.7 Å². The van der Waals surface area contributed by atoms with E-state index in [0.29, 0.717) is 26.1 Å². The standard InChI is InChI=1S/C36H36N6O13/c43-25-11-9-21(31(47)39-25)41-33(49)19-5-1-7-23(29(19)35(41)51)54-17-27(45)37-13-3-15-53-16-4-14-38-28(46)18-55-24-8-2-6-20-30(24)36(52)42(34(20)50)22-10-12-26(44)40-32(22)48/h1-2,5-8,21-22H,3-4,9-18H2,(H,37,45)(H,38,46)(H,39,43,47)(H,40,44,48). The molecule has 2 aromatic rings. The van der Waals surface area contributed by atoms with Gasteiger partial charge in [-0.1, -0.05) is 12.1 Å². The molecule has 2 aromatic carbocycles. The number of amides is 10. The average Bonchev–Trinajstić information content (AvgIpc) is 3.57. The Morgan fingerprint density at radius 1 is 0.618 bits per heavy atom. The quantitative estimate of drug-likeness (QED) is 0.118. The maximum atomic E-state index is 13.2. The number of hydrogen-bond donors (Lipinski definition) is 4. The molecule has 19 nitrogen and oxygen atoms in total. The molecule has 2 fully saturated rings. The highest BCUT2D eigenvalue weighted by Gasteiger charge is 2.47. The monoisotopic (exact) mass is 760 g/mol. The smallest absolute Gasteiger partial charge is 0.266 e. The Morgan fingerprint density at radius 3 is 1.44 bits per heavy atom. The number of carbonyl (C=O) groups excluding carboxylic acids is 10. The van der Waals surface area contributed by atoms with E-state index in [0.717, 1.165) is 9.80 Å². The number of carbonyl (C=O) groups is 10. The van der Waals surface area contributed by atoms with Crippen LogP contribution in [-0.4, -0.2) is 120 Å². The fourth-order valence-corrected chi connectivity index (χ4v) is 6.50. The molecular formula is C36H36N6O13. The summed E-state index contributed by atoms with van der Waals surface area (Å²) >= 11 is 0. The fraction of sp³-hybridized carbons (Fsp3) is 0.389. The van der Waals surface area contributed by atoms with Crippen LogP contribution in [0.15, 0.2) is 36.4 Å². The molecule has 2 atom stereocenters. The number of rotatable bonds is 16. The van der Waals surface area contributed by atoms with Crippen molar-refractivity contribution in [2.75, 3.05) is 39.5 Å².